The number of carbonyl (C=O) groups is 1. The van der Waals surface area contributed by atoms with Crippen LogP contribution < -0.4 is 14.9 Å². The van der Waals surface area contributed by atoms with Gasteiger partial charge in [0.1, 0.15) is 23.9 Å². The molecule has 8 heteroatoms. The van der Waals surface area contributed by atoms with Crippen molar-refractivity contribution in [3.63, 3.8) is 0 Å². The predicted molar refractivity (Wildman–Crippen MR) is 138 cm³/mol. The van der Waals surface area contributed by atoms with E-state index in [2.05, 4.69) is 0 Å². The Morgan fingerprint density at radius 2 is 1.94 bits per heavy atom. The molecule has 1 heterocycles. The Balaban J connectivity index is 1.57. The van der Waals surface area contributed by atoms with Gasteiger partial charge in [0.25, 0.3) is 0 Å². The Hall–Kier alpha value is -3.03. The number of hydrogen-bond donors (Lipinski definition) is 1. The summed E-state index contributed by atoms with van der Waals surface area (Å²) < 4.78 is 23.5. The van der Waals surface area contributed by atoms with Gasteiger partial charge in [-0.2, -0.15) is 0 Å². The van der Waals surface area contributed by atoms with Crippen LogP contribution in [0, 0.1) is 18.3 Å². The Labute approximate surface area is 214 Å². The fourth-order valence-electron chi connectivity index (χ4n) is 5.00. The summed E-state index contributed by atoms with van der Waals surface area (Å²) in [7, 11) is 1.54. The first-order chi connectivity index (χ1) is 17.0. The van der Waals surface area contributed by atoms with Gasteiger partial charge < -0.3 is 23.7 Å². The van der Waals surface area contributed by atoms with E-state index in [9.17, 15) is 14.7 Å². The second-order valence-corrected chi connectivity index (χ2v) is 10.7. The van der Waals surface area contributed by atoms with Gasteiger partial charge in [-0.05, 0) is 55.0 Å². The molecule has 192 valence electrons. The molecule has 1 N–H and O–H groups in total. The zero-order chi connectivity index (χ0) is 26.3. The second-order valence-electron chi connectivity index (χ2n) is 10.3. The summed E-state index contributed by atoms with van der Waals surface area (Å²) >= 11 is 6.27. The largest absolute Gasteiger partial charge is 0.496 e. The van der Waals surface area contributed by atoms with Gasteiger partial charge in [-0.3, -0.25) is 4.79 Å². The maximum absolute atomic E-state index is 12.7. The lowest BCUT2D eigenvalue weighted by atomic mass is 9.58. The summed E-state index contributed by atoms with van der Waals surface area (Å²) in [5.41, 5.74) is 0.0574. The topological polar surface area (TPSA) is 95.2 Å². The first-order valence-corrected chi connectivity index (χ1v) is 12.3. The van der Waals surface area contributed by atoms with E-state index in [1.807, 2.05) is 27.7 Å². The van der Waals surface area contributed by atoms with E-state index in [1.54, 1.807) is 30.3 Å². The van der Waals surface area contributed by atoms with E-state index in [1.165, 1.54) is 13.2 Å². The monoisotopic (exact) mass is 514 g/mol. The van der Waals surface area contributed by atoms with Gasteiger partial charge in [0.15, 0.2) is 16.6 Å². The normalized spacial score (nSPS) is 19.7. The van der Waals surface area contributed by atoms with Crippen molar-refractivity contribution >= 4 is 28.5 Å². The van der Waals surface area contributed by atoms with Crippen molar-refractivity contribution < 1.29 is 28.5 Å². The molecular weight excluding hydrogens is 484 g/mol. The molecule has 7 nitrogen and oxygen atoms in total. The van der Waals surface area contributed by atoms with Gasteiger partial charge in [-0.15, -0.1) is 0 Å². The SMILES string of the molecule is COc1cc(C)c(OCCOC2(C(=O)O)CCC2C(C)(C)C)cc1-c1cc(=O)c2cccc(Cl)c2o1. The average molecular weight is 515 g/mol. The minimum Gasteiger partial charge on any atom is -0.496 e. The van der Waals surface area contributed by atoms with Crippen molar-refractivity contribution in [2.75, 3.05) is 20.3 Å². The standard InChI is InChI=1S/C28H31ClO7/c1-16-13-22(33-5)18(23-15-20(30)17-7-6-8-19(29)25(17)36-23)14-21(16)34-11-12-35-28(26(31)32)10-9-24(28)27(2,3)4/h6-8,13-15,24H,9-12H2,1-5H3,(H,31,32). The van der Waals surface area contributed by atoms with Gasteiger partial charge >= 0.3 is 5.97 Å². The van der Waals surface area contributed by atoms with E-state index in [0.717, 1.165) is 12.0 Å². The van der Waals surface area contributed by atoms with Gasteiger partial charge in [-0.1, -0.05) is 38.4 Å². The van der Waals surface area contributed by atoms with Crippen LogP contribution in [0.5, 0.6) is 11.5 Å². The molecule has 1 fully saturated rings. The number of methoxy groups -OCH3 is 1. The number of carboxylic acid groups (broad SMARTS) is 1. The molecule has 36 heavy (non-hydrogen) atoms. The third-order valence-corrected chi connectivity index (χ3v) is 7.24. The maximum atomic E-state index is 12.7. The van der Waals surface area contributed by atoms with Crippen LogP contribution in [0.3, 0.4) is 0 Å². The fraction of sp³-hybridized carbons (Fsp3) is 0.429. The predicted octanol–water partition coefficient (Wildman–Crippen LogP) is 6.11. The lowest BCUT2D eigenvalue weighted by molar-refractivity contribution is -0.209. The Bertz CT molecular complexity index is 1350. The highest BCUT2D eigenvalue weighted by Gasteiger charge is 2.58. The third kappa shape index (κ3) is 4.70. The number of rotatable bonds is 8. The van der Waals surface area contributed by atoms with Crippen LogP contribution in [0.15, 0.2) is 45.6 Å². The van der Waals surface area contributed by atoms with E-state index >= 15 is 0 Å². The molecule has 4 rings (SSSR count). The maximum Gasteiger partial charge on any atom is 0.336 e. The molecule has 0 radical (unpaired) electrons. The summed E-state index contributed by atoms with van der Waals surface area (Å²) in [4.78, 5) is 24.8. The van der Waals surface area contributed by atoms with Crippen LogP contribution in [0.4, 0.5) is 0 Å². The van der Waals surface area contributed by atoms with Crippen LogP contribution in [0.25, 0.3) is 22.3 Å². The number of benzene rings is 2. The molecule has 1 aliphatic carbocycles. The van der Waals surface area contributed by atoms with E-state index in [0.29, 0.717) is 45.2 Å². The summed E-state index contributed by atoms with van der Waals surface area (Å²) in [6.07, 6.45) is 1.30. The first kappa shape index (κ1) is 26.0. The molecule has 0 bridgehead atoms. The van der Waals surface area contributed by atoms with Crippen molar-refractivity contribution in [2.45, 2.75) is 46.1 Å². The molecule has 2 aromatic carbocycles. The van der Waals surface area contributed by atoms with E-state index < -0.39 is 11.6 Å². The van der Waals surface area contributed by atoms with Crippen LogP contribution in [0.1, 0.15) is 39.2 Å². The molecule has 1 saturated carbocycles. The minimum absolute atomic E-state index is 0.0700. The molecule has 0 amide bonds. The fourth-order valence-corrected chi connectivity index (χ4v) is 5.22. The number of aliphatic carboxylic acids is 1. The molecule has 0 saturated heterocycles. The number of fused-ring (bicyclic) bond motifs is 1. The van der Waals surface area contributed by atoms with Crippen LogP contribution >= 0.6 is 11.6 Å². The number of halogens is 1. The van der Waals surface area contributed by atoms with Crippen molar-refractivity contribution in [1.82, 2.24) is 0 Å². The third-order valence-electron chi connectivity index (χ3n) is 6.94. The zero-order valence-corrected chi connectivity index (χ0v) is 21.9. The Kier molecular flexibility index (Phi) is 7.08. The van der Waals surface area contributed by atoms with Gasteiger partial charge in [-0.25, -0.2) is 4.79 Å². The van der Waals surface area contributed by atoms with Gasteiger partial charge in [0, 0.05) is 12.0 Å². The molecule has 1 aliphatic rings. The highest BCUT2D eigenvalue weighted by atomic mass is 35.5. The smallest absolute Gasteiger partial charge is 0.336 e. The molecule has 1 aromatic heterocycles. The summed E-state index contributed by atoms with van der Waals surface area (Å²) in [6, 6.07) is 9.95. The lowest BCUT2D eigenvalue weighted by Gasteiger charge is -2.51. The van der Waals surface area contributed by atoms with Crippen molar-refractivity contribution in [2.24, 2.45) is 11.3 Å². The van der Waals surface area contributed by atoms with Gasteiger partial charge in [0.05, 0.1) is 29.7 Å². The van der Waals surface area contributed by atoms with Crippen molar-refractivity contribution in [3.05, 3.63) is 57.2 Å². The Morgan fingerprint density at radius 3 is 2.56 bits per heavy atom. The van der Waals surface area contributed by atoms with Gasteiger partial charge in [0.2, 0.25) is 0 Å². The van der Waals surface area contributed by atoms with E-state index in [-0.39, 0.29) is 30.0 Å². The molecule has 0 aliphatic heterocycles. The quantitative estimate of drug-likeness (QED) is 0.362. The summed E-state index contributed by atoms with van der Waals surface area (Å²) in [5.74, 6) is 0.353. The van der Waals surface area contributed by atoms with Crippen LogP contribution in [-0.2, 0) is 9.53 Å². The first-order valence-electron chi connectivity index (χ1n) is 11.9. The minimum atomic E-state index is -1.19. The molecule has 2 unspecified atom stereocenters. The average Bonchev–Trinajstić information content (AvgIpc) is 2.78. The van der Waals surface area contributed by atoms with Crippen molar-refractivity contribution in [3.8, 4) is 22.8 Å². The number of aryl methyl sites for hydroxylation is 1. The van der Waals surface area contributed by atoms with Crippen LogP contribution in [-0.4, -0.2) is 37.0 Å². The lowest BCUT2D eigenvalue weighted by Crippen LogP contribution is -2.60. The molecule has 3 aromatic rings. The summed E-state index contributed by atoms with van der Waals surface area (Å²) in [6.45, 7) is 8.27. The number of hydrogen-bond acceptors (Lipinski definition) is 6. The zero-order valence-electron chi connectivity index (χ0n) is 21.1. The highest BCUT2D eigenvalue weighted by molar-refractivity contribution is 6.34. The highest BCUT2D eigenvalue weighted by Crippen LogP contribution is 2.51. The number of carboxylic acids is 1. The number of para-hydroxylation sites is 1. The number of ether oxygens (including phenoxy) is 3. The molecular formula is C28H31ClO7. The molecule has 0 spiro atoms. The summed E-state index contributed by atoms with van der Waals surface area (Å²) in [5, 5.41) is 10.6. The van der Waals surface area contributed by atoms with Crippen LogP contribution in [0.2, 0.25) is 5.02 Å². The molecule has 2 atom stereocenters. The second kappa shape index (κ2) is 9.79. The Morgan fingerprint density at radius 1 is 1.19 bits per heavy atom. The van der Waals surface area contributed by atoms with Crippen molar-refractivity contribution in [1.29, 1.82) is 0 Å². The van der Waals surface area contributed by atoms with E-state index in [4.69, 9.17) is 30.2 Å².